The molecule has 166 valence electrons. The number of hydrogen-bond donors (Lipinski definition) is 0. The zero-order chi connectivity index (χ0) is 22.3. The van der Waals surface area contributed by atoms with Crippen molar-refractivity contribution in [2.75, 3.05) is 19.6 Å². The van der Waals surface area contributed by atoms with E-state index in [1.807, 2.05) is 60.4 Å². The lowest BCUT2D eigenvalue weighted by molar-refractivity contribution is -0.139. The van der Waals surface area contributed by atoms with Gasteiger partial charge in [0, 0.05) is 45.4 Å². The Morgan fingerprint density at radius 1 is 1.09 bits per heavy atom. The molecule has 32 heavy (non-hydrogen) atoms. The van der Waals surface area contributed by atoms with Crippen LogP contribution >= 0.6 is 0 Å². The summed E-state index contributed by atoms with van der Waals surface area (Å²) in [7, 11) is 0. The maximum absolute atomic E-state index is 13.2. The van der Waals surface area contributed by atoms with Gasteiger partial charge in [0.2, 0.25) is 11.8 Å². The number of carbonyl (C=O) groups excluding carboxylic acids is 3. The van der Waals surface area contributed by atoms with Crippen molar-refractivity contribution in [3.8, 4) is 5.75 Å². The second-order valence-electron chi connectivity index (χ2n) is 9.37. The zero-order valence-electron chi connectivity index (χ0n) is 18.4. The van der Waals surface area contributed by atoms with Gasteiger partial charge in [0.1, 0.15) is 11.4 Å². The van der Waals surface area contributed by atoms with E-state index in [-0.39, 0.29) is 29.9 Å². The third-order valence-electron chi connectivity index (χ3n) is 7.01. The fourth-order valence-electron chi connectivity index (χ4n) is 5.17. The van der Waals surface area contributed by atoms with Crippen LogP contribution in [0.2, 0.25) is 0 Å². The molecule has 2 amide bonds. The number of ether oxygens (including phenoxy) is 1. The number of aryl methyl sites for hydroxylation is 1. The highest BCUT2D eigenvalue weighted by atomic mass is 16.5. The number of carbonyl (C=O) groups is 3. The molecule has 0 saturated carbocycles. The van der Waals surface area contributed by atoms with Gasteiger partial charge < -0.3 is 14.5 Å². The van der Waals surface area contributed by atoms with E-state index >= 15 is 0 Å². The van der Waals surface area contributed by atoms with E-state index in [1.165, 1.54) is 0 Å². The van der Waals surface area contributed by atoms with Crippen molar-refractivity contribution in [1.29, 1.82) is 0 Å². The Hall–Kier alpha value is -3.15. The van der Waals surface area contributed by atoms with Crippen LogP contribution in [0.4, 0.5) is 0 Å². The van der Waals surface area contributed by atoms with Crippen LogP contribution in [0.25, 0.3) is 0 Å². The number of nitrogens with zero attached hydrogens (tertiary/aromatic N) is 2. The summed E-state index contributed by atoms with van der Waals surface area (Å²) < 4.78 is 6.32. The number of benzene rings is 2. The third kappa shape index (κ3) is 3.90. The summed E-state index contributed by atoms with van der Waals surface area (Å²) in [6.07, 6.45) is 1.89. The molecule has 2 aromatic carbocycles. The molecule has 0 radical (unpaired) electrons. The predicted molar refractivity (Wildman–Crippen MR) is 119 cm³/mol. The molecule has 3 heterocycles. The van der Waals surface area contributed by atoms with E-state index in [2.05, 4.69) is 0 Å². The highest BCUT2D eigenvalue weighted by Gasteiger charge is 2.45. The summed E-state index contributed by atoms with van der Waals surface area (Å²) in [5.74, 6) is 0.561. The normalized spacial score (nSPS) is 22.1. The van der Waals surface area contributed by atoms with E-state index in [9.17, 15) is 14.4 Å². The molecule has 2 saturated heterocycles. The fourth-order valence-corrected chi connectivity index (χ4v) is 5.17. The Balaban J connectivity index is 1.20. The van der Waals surface area contributed by atoms with Gasteiger partial charge in [-0.25, -0.2) is 0 Å². The second-order valence-corrected chi connectivity index (χ2v) is 9.37. The standard InChI is InChI=1S/C26H28N2O4/c1-18-7-8-23-21(13-18)22(29)15-26(32-23)9-11-27(12-10-26)25(31)20-14-24(30)28(17-20)16-19-5-3-2-4-6-19/h2-8,13,20H,9-12,14-17H2,1H3. The molecule has 1 atom stereocenters. The van der Waals surface area contributed by atoms with Crippen molar-refractivity contribution in [2.45, 2.75) is 44.8 Å². The van der Waals surface area contributed by atoms with Gasteiger partial charge >= 0.3 is 0 Å². The van der Waals surface area contributed by atoms with Crippen molar-refractivity contribution < 1.29 is 19.1 Å². The van der Waals surface area contributed by atoms with E-state index < -0.39 is 5.60 Å². The molecule has 0 aromatic heterocycles. The number of fused-ring (bicyclic) bond motifs is 1. The Kier molecular flexibility index (Phi) is 5.24. The van der Waals surface area contributed by atoms with Crippen molar-refractivity contribution in [3.63, 3.8) is 0 Å². The minimum Gasteiger partial charge on any atom is -0.486 e. The molecule has 0 N–H and O–H groups in total. The molecule has 3 aliphatic rings. The van der Waals surface area contributed by atoms with E-state index in [1.54, 1.807) is 4.90 Å². The SMILES string of the molecule is Cc1ccc2c(c1)C(=O)CC1(CCN(C(=O)C3CC(=O)N(Cc4ccccc4)C3)CC1)O2. The molecular weight excluding hydrogens is 404 g/mol. The molecule has 2 fully saturated rings. The summed E-state index contributed by atoms with van der Waals surface area (Å²) in [6, 6.07) is 15.6. The van der Waals surface area contributed by atoms with E-state index in [4.69, 9.17) is 4.74 Å². The van der Waals surface area contributed by atoms with Crippen LogP contribution in [0.5, 0.6) is 5.75 Å². The fraction of sp³-hybridized carbons (Fsp3) is 0.423. The summed E-state index contributed by atoms with van der Waals surface area (Å²) in [5, 5.41) is 0. The first-order valence-electron chi connectivity index (χ1n) is 11.4. The summed E-state index contributed by atoms with van der Waals surface area (Å²) in [5.41, 5.74) is 2.26. The molecule has 3 aliphatic heterocycles. The van der Waals surface area contributed by atoms with Gasteiger partial charge in [-0.15, -0.1) is 0 Å². The smallest absolute Gasteiger partial charge is 0.227 e. The van der Waals surface area contributed by atoms with Crippen molar-refractivity contribution in [3.05, 3.63) is 65.2 Å². The molecule has 5 rings (SSSR count). The minimum atomic E-state index is -0.527. The van der Waals surface area contributed by atoms with E-state index in [0.717, 1.165) is 11.1 Å². The van der Waals surface area contributed by atoms with Crippen LogP contribution in [0.1, 0.15) is 47.2 Å². The quantitative estimate of drug-likeness (QED) is 0.746. The Bertz CT molecular complexity index is 1060. The molecular formula is C26H28N2O4. The number of rotatable bonds is 3. The summed E-state index contributed by atoms with van der Waals surface area (Å²) >= 11 is 0. The number of Topliss-reactive ketones (excluding diaryl/α,β-unsaturated/α-hetero) is 1. The Labute approximate surface area is 188 Å². The average molecular weight is 433 g/mol. The Morgan fingerprint density at radius 2 is 1.84 bits per heavy atom. The summed E-state index contributed by atoms with van der Waals surface area (Å²) in [4.78, 5) is 42.0. The number of likely N-dealkylation sites (tertiary alicyclic amines) is 2. The van der Waals surface area contributed by atoms with Crippen LogP contribution in [-0.2, 0) is 16.1 Å². The van der Waals surface area contributed by atoms with Crippen LogP contribution in [-0.4, -0.2) is 52.6 Å². The lowest BCUT2D eigenvalue weighted by Crippen LogP contribution is -2.53. The molecule has 0 bridgehead atoms. The van der Waals surface area contributed by atoms with Gasteiger partial charge in [-0.3, -0.25) is 14.4 Å². The third-order valence-corrected chi connectivity index (χ3v) is 7.01. The molecule has 1 spiro atoms. The monoisotopic (exact) mass is 432 g/mol. The van der Waals surface area contributed by atoms with Gasteiger partial charge in [0.15, 0.2) is 5.78 Å². The van der Waals surface area contributed by atoms with Gasteiger partial charge in [0.05, 0.1) is 17.9 Å². The first-order valence-corrected chi connectivity index (χ1v) is 11.4. The van der Waals surface area contributed by atoms with Gasteiger partial charge in [-0.1, -0.05) is 42.0 Å². The maximum Gasteiger partial charge on any atom is 0.227 e. The molecule has 2 aromatic rings. The highest BCUT2D eigenvalue weighted by Crippen LogP contribution is 2.40. The topological polar surface area (TPSA) is 66.9 Å². The van der Waals surface area contributed by atoms with Crippen molar-refractivity contribution in [2.24, 2.45) is 5.92 Å². The minimum absolute atomic E-state index is 0.0359. The number of hydrogen-bond acceptors (Lipinski definition) is 4. The van der Waals surface area contributed by atoms with Gasteiger partial charge in [-0.2, -0.15) is 0 Å². The lowest BCUT2D eigenvalue weighted by atomic mass is 9.82. The van der Waals surface area contributed by atoms with Gasteiger partial charge in [0.25, 0.3) is 0 Å². The first-order chi connectivity index (χ1) is 15.4. The molecule has 6 heteroatoms. The van der Waals surface area contributed by atoms with Crippen LogP contribution in [0.3, 0.4) is 0 Å². The van der Waals surface area contributed by atoms with E-state index in [0.29, 0.717) is 56.8 Å². The maximum atomic E-state index is 13.2. The molecule has 0 aliphatic carbocycles. The predicted octanol–water partition coefficient (Wildman–Crippen LogP) is 3.37. The van der Waals surface area contributed by atoms with Crippen LogP contribution in [0.15, 0.2) is 48.5 Å². The highest BCUT2D eigenvalue weighted by molar-refractivity contribution is 6.00. The Morgan fingerprint density at radius 3 is 2.59 bits per heavy atom. The summed E-state index contributed by atoms with van der Waals surface area (Å²) in [6.45, 7) is 4.08. The zero-order valence-corrected chi connectivity index (χ0v) is 18.4. The van der Waals surface area contributed by atoms with Crippen molar-refractivity contribution >= 4 is 17.6 Å². The molecule has 6 nitrogen and oxygen atoms in total. The van der Waals surface area contributed by atoms with Crippen molar-refractivity contribution in [1.82, 2.24) is 9.80 Å². The largest absolute Gasteiger partial charge is 0.486 e. The first kappa shape index (κ1) is 20.7. The molecule has 1 unspecified atom stereocenters. The number of ketones is 1. The second kappa shape index (κ2) is 8.08. The van der Waals surface area contributed by atoms with Crippen LogP contribution in [0, 0.1) is 12.8 Å². The lowest BCUT2D eigenvalue weighted by Gasteiger charge is -2.44. The number of piperidine rings is 1. The van der Waals surface area contributed by atoms with Gasteiger partial charge in [-0.05, 0) is 24.6 Å². The van der Waals surface area contributed by atoms with Crippen LogP contribution < -0.4 is 4.74 Å². The number of amides is 2. The average Bonchev–Trinajstić information content (AvgIpc) is 3.15.